The standard InChI is InChI=1S/C10H7NO4/c1-5(9(12)13)6-2-3-7-8(4-6)15-10(14)11-7/h2-4H,1H2,(H,11,14)(H,12,13). The summed E-state index contributed by atoms with van der Waals surface area (Å²) in [6, 6.07) is 4.59. The number of aromatic amines is 1. The molecule has 0 bridgehead atoms. The third-order valence-electron chi connectivity index (χ3n) is 2.03. The summed E-state index contributed by atoms with van der Waals surface area (Å²) in [7, 11) is 0. The van der Waals surface area contributed by atoms with Gasteiger partial charge >= 0.3 is 11.7 Å². The van der Waals surface area contributed by atoms with Crippen LogP contribution in [0.3, 0.4) is 0 Å². The maximum atomic E-state index is 10.8. The molecule has 76 valence electrons. The molecule has 15 heavy (non-hydrogen) atoms. The smallest absolute Gasteiger partial charge is 0.417 e. The second-order valence-corrected chi connectivity index (χ2v) is 3.01. The summed E-state index contributed by atoms with van der Waals surface area (Å²) in [5, 5.41) is 8.71. The van der Waals surface area contributed by atoms with Crippen LogP contribution in [0.1, 0.15) is 5.56 Å². The summed E-state index contributed by atoms with van der Waals surface area (Å²) in [6.45, 7) is 3.41. The van der Waals surface area contributed by atoms with E-state index in [1.165, 1.54) is 6.07 Å². The first-order chi connectivity index (χ1) is 7.08. The number of oxazole rings is 1. The predicted octanol–water partition coefficient (Wildman–Crippen LogP) is 1.22. The number of rotatable bonds is 2. The van der Waals surface area contributed by atoms with Crippen molar-refractivity contribution >= 4 is 22.6 Å². The van der Waals surface area contributed by atoms with Crippen molar-refractivity contribution in [3.63, 3.8) is 0 Å². The molecule has 0 fully saturated rings. The second-order valence-electron chi connectivity index (χ2n) is 3.01. The van der Waals surface area contributed by atoms with Gasteiger partial charge in [-0.1, -0.05) is 12.6 Å². The van der Waals surface area contributed by atoms with Crippen molar-refractivity contribution in [1.82, 2.24) is 4.98 Å². The number of hydrogen-bond donors (Lipinski definition) is 2. The summed E-state index contributed by atoms with van der Waals surface area (Å²) < 4.78 is 4.79. The first kappa shape index (κ1) is 9.26. The van der Waals surface area contributed by atoms with E-state index in [1.54, 1.807) is 12.1 Å². The van der Waals surface area contributed by atoms with Crippen molar-refractivity contribution in [3.05, 3.63) is 40.9 Å². The average Bonchev–Trinajstić information content (AvgIpc) is 2.55. The molecule has 0 amide bonds. The van der Waals surface area contributed by atoms with E-state index in [2.05, 4.69) is 11.6 Å². The maximum Gasteiger partial charge on any atom is 0.417 e. The van der Waals surface area contributed by atoms with Crippen LogP contribution in [-0.4, -0.2) is 16.1 Å². The lowest BCUT2D eigenvalue weighted by Crippen LogP contribution is -1.97. The van der Waals surface area contributed by atoms with Gasteiger partial charge in [0, 0.05) is 0 Å². The van der Waals surface area contributed by atoms with Gasteiger partial charge in [-0.15, -0.1) is 0 Å². The summed E-state index contributed by atoms with van der Waals surface area (Å²) in [5.74, 6) is -1.67. The quantitative estimate of drug-likeness (QED) is 0.722. The van der Waals surface area contributed by atoms with Gasteiger partial charge in [0.15, 0.2) is 5.58 Å². The maximum absolute atomic E-state index is 10.8. The van der Waals surface area contributed by atoms with E-state index in [-0.39, 0.29) is 5.57 Å². The molecule has 1 aromatic heterocycles. The number of H-pyrrole nitrogens is 1. The van der Waals surface area contributed by atoms with E-state index in [0.29, 0.717) is 16.7 Å². The lowest BCUT2D eigenvalue weighted by molar-refractivity contribution is -0.130. The molecule has 0 saturated carbocycles. The number of fused-ring (bicyclic) bond motifs is 1. The van der Waals surface area contributed by atoms with E-state index in [1.807, 2.05) is 0 Å². The first-order valence-corrected chi connectivity index (χ1v) is 4.13. The molecule has 0 aliphatic carbocycles. The van der Waals surface area contributed by atoms with Crippen molar-refractivity contribution in [1.29, 1.82) is 0 Å². The number of hydrogen-bond acceptors (Lipinski definition) is 3. The third-order valence-corrected chi connectivity index (χ3v) is 2.03. The number of carboxylic acids is 1. The fourth-order valence-electron chi connectivity index (χ4n) is 1.26. The number of aliphatic carboxylic acids is 1. The molecule has 2 rings (SSSR count). The monoisotopic (exact) mass is 205 g/mol. The molecule has 5 nitrogen and oxygen atoms in total. The Labute approximate surface area is 83.6 Å². The number of nitrogens with one attached hydrogen (secondary N) is 1. The molecule has 0 aliphatic rings. The highest BCUT2D eigenvalue weighted by atomic mass is 16.4. The summed E-state index contributed by atoms with van der Waals surface area (Å²) >= 11 is 0. The molecule has 2 aromatic rings. The van der Waals surface area contributed by atoms with Gasteiger partial charge in [0.25, 0.3) is 0 Å². The zero-order valence-corrected chi connectivity index (χ0v) is 7.61. The molecule has 5 heteroatoms. The van der Waals surface area contributed by atoms with Gasteiger partial charge in [-0.25, -0.2) is 9.59 Å². The highest BCUT2D eigenvalue weighted by Crippen LogP contribution is 2.18. The van der Waals surface area contributed by atoms with Crippen LogP contribution >= 0.6 is 0 Å². The highest BCUT2D eigenvalue weighted by Gasteiger charge is 2.09. The van der Waals surface area contributed by atoms with Crippen LogP contribution in [-0.2, 0) is 4.79 Å². The van der Waals surface area contributed by atoms with Crippen molar-refractivity contribution in [2.45, 2.75) is 0 Å². The van der Waals surface area contributed by atoms with E-state index in [4.69, 9.17) is 9.52 Å². The van der Waals surface area contributed by atoms with E-state index in [9.17, 15) is 9.59 Å². The van der Waals surface area contributed by atoms with Crippen molar-refractivity contribution in [2.24, 2.45) is 0 Å². The van der Waals surface area contributed by atoms with Crippen LogP contribution in [0.4, 0.5) is 0 Å². The van der Waals surface area contributed by atoms with Crippen LogP contribution < -0.4 is 5.76 Å². The van der Waals surface area contributed by atoms with E-state index >= 15 is 0 Å². The third kappa shape index (κ3) is 1.54. The second kappa shape index (κ2) is 3.13. The van der Waals surface area contributed by atoms with Crippen LogP contribution in [0, 0.1) is 0 Å². The predicted molar refractivity (Wildman–Crippen MR) is 53.5 cm³/mol. The fourth-order valence-corrected chi connectivity index (χ4v) is 1.26. The Morgan fingerprint density at radius 2 is 2.20 bits per heavy atom. The van der Waals surface area contributed by atoms with Crippen LogP contribution in [0.5, 0.6) is 0 Å². The summed E-state index contributed by atoms with van der Waals surface area (Å²) in [5.41, 5.74) is 1.22. The topological polar surface area (TPSA) is 83.3 Å². The Morgan fingerprint density at radius 1 is 1.47 bits per heavy atom. The Morgan fingerprint density at radius 3 is 2.87 bits per heavy atom. The van der Waals surface area contributed by atoms with Crippen molar-refractivity contribution in [3.8, 4) is 0 Å². The van der Waals surface area contributed by atoms with Gasteiger partial charge in [-0.3, -0.25) is 4.98 Å². The zero-order chi connectivity index (χ0) is 11.0. The van der Waals surface area contributed by atoms with Crippen LogP contribution in [0.25, 0.3) is 16.7 Å². The summed E-state index contributed by atoms with van der Waals surface area (Å²) in [4.78, 5) is 23.9. The Hall–Kier alpha value is -2.30. The number of carbonyl (C=O) groups is 1. The average molecular weight is 205 g/mol. The van der Waals surface area contributed by atoms with Gasteiger partial charge in [0.1, 0.15) is 0 Å². The molecule has 0 saturated heterocycles. The van der Waals surface area contributed by atoms with E-state index < -0.39 is 11.7 Å². The molecule has 2 N–H and O–H groups in total. The van der Waals surface area contributed by atoms with Crippen molar-refractivity contribution < 1.29 is 14.3 Å². The lowest BCUT2D eigenvalue weighted by atomic mass is 10.1. The minimum atomic E-state index is -1.10. The van der Waals surface area contributed by atoms with Crippen LogP contribution in [0.15, 0.2) is 34.0 Å². The molecular weight excluding hydrogens is 198 g/mol. The normalized spacial score (nSPS) is 10.4. The summed E-state index contributed by atoms with van der Waals surface area (Å²) in [6.07, 6.45) is 0. The molecule has 1 heterocycles. The number of benzene rings is 1. The highest BCUT2D eigenvalue weighted by molar-refractivity contribution is 6.14. The Bertz CT molecular complexity index is 605. The molecule has 1 aromatic carbocycles. The number of aromatic nitrogens is 1. The van der Waals surface area contributed by atoms with Gasteiger partial charge in [-0.2, -0.15) is 0 Å². The fraction of sp³-hybridized carbons (Fsp3) is 0. The largest absolute Gasteiger partial charge is 0.478 e. The molecule has 0 aliphatic heterocycles. The van der Waals surface area contributed by atoms with Gasteiger partial charge in [0.2, 0.25) is 0 Å². The first-order valence-electron chi connectivity index (χ1n) is 4.13. The lowest BCUT2D eigenvalue weighted by Gasteiger charge is -1.98. The van der Waals surface area contributed by atoms with Crippen LogP contribution in [0.2, 0.25) is 0 Å². The molecule has 0 atom stereocenters. The molecule has 0 unspecified atom stereocenters. The Balaban J connectivity index is 2.60. The van der Waals surface area contributed by atoms with Gasteiger partial charge in [0.05, 0.1) is 11.1 Å². The van der Waals surface area contributed by atoms with E-state index in [0.717, 1.165) is 0 Å². The van der Waals surface area contributed by atoms with Gasteiger partial charge < -0.3 is 9.52 Å². The molecule has 0 spiro atoms. The number of carboxylic acid groups (broad SMARTS) is 1. The van der Waals surface area contributed by atoms with Gasteiger partial charge in [-0.05, 0) is 17.7 Å². The minimum absolute atomic E-state index is 0.0410. The zero-order valence-electron chi connectivity index (χ0n) is 7.61. The SMILES string of the molecule is C=C(C(=O)O)c1ccc2[nH]c(=O)oc2c1. The van der Waals surface area contributed by atoms with Crippen molar-refractivity contribution in [2.75, 3.05) is 0 Å². The minimum Gasteiger partial charge on any atom is -0.478 e. The molecule has 0 radical (unpaired) electrons. The Kier molecular flexibility index (Phi) is 1.93. The molecular formula is C10H7NO4.